The normalized spacial score (nSPS) is 12.2. The number of hydrogen-bond donors (Lipinski definition) is 3. The van der Waals surface area contributed by atoms with Crippen LogP contribution in [0.4, 0.5) is 4.39 Å². The minimum atomic E-state index is -3.82. The van der Waals surface area contributed by atoms with E-state index in [1.165, 1.54) is 7.05 Å². The molecule has 11 heteroatoms. The summed E-state index contributed by atoms with van der Waals surface area (Å²) >= 11 is 0. The van der Waals surface area contributed by atoms with Gasteiger partial charge in [-0.25, -0.2) is 30.7 Å². The Balaban J connectivity index is 2.06. The quantitative estimate of drug-likeness (QED) is 0.527. The largest absolute Gasteiger partial charge is 0.348 e. The molecule has 0 saturated heterocycles. The van der Waals surface area contributed by atoms with Crippen LogP contribution < -0.4 is 14.8 Å². The first-order chi connectivity index (χ1) is 13.9. The van der Waals surface area contributed by atoms with Crippen molar-refractivity contribution in [2.24, 2.45) is 0 Å². The van der Waals surface area contributed by atoms with Gasteiger partial charge in [-0.3, -0.25) is 4.79 Å². The van der Waals surface area contributed by atoms with E-state index in [0.717, 1.165) is 18.2 Å². The number of halogens is 1. The lowest BCUT2D eigenvalue weighted by Gasteiger charge is -2.11. The van der Waals surface area contributed by atoms with Crippen LogP contribution in [0.3, 0.4) is 0 Å². The van der Waals surface area contributed by atoms with Gasteiger partial charge in [-0.15, -0.1) is 0 Å². The number of rotatable bonds is 9. The molecule has 0 aromatic heterocycles. The lowest BCUT2D eigenvalue weighted by molar-refractivity contribution is 0.0946. The molecule has 0 unspecified atom stereocenters. The third-order valence-electron chi connectivity index (χ3n) is 4.01. The molecule has 30 heavy (non-hydrogen) atoms. The predicted octanol–water partition coefficient (Wildman–Crippen LogP) is 1.49. The first-order valence-electron chi connectivity index (χ1n) is 9.02. The van der Waals surface area contributed by atoms with Gasteiger partial charge >= 0.3 is 0 Å². The van der Waals surface area contributed by atoms with Gasteiger partial charge < -0.3 is 5.32 Å². The van der Waals surface area contributed by atoms with E-state index in [1.54, 1.807) is 38.1 Å². The minimum Gasteiger partial charge on any atom is -0.348 e. The molecule has 0 aliphatic carbocycles. The third-order valence-corrected chi connectivity index (χ3v) is 6.97. The summed E-state index contributed by atoms with van der Waals surface area (Å²) in [5.74, 6) is -1.79. The second-order valence-corrected chi connectivity index (χ2v) is 10.5. The minimum absolute atomic E-state index is 0.0541. The first-order valence-corrected chi connectivity index (χ1v) is 12.2. The van der Waals surface area contributed by atoms with Crippen molar-refractivity contribution in [3.05, 3.63) is 65.0 Å². The molecule has 0 radical (unpaired) electrons. The molecule has 0 spiro atoms. The van der Waals surface area contributed by atoms with Gasteiger partial charge in [0, 0.05) is 12.6 Å². The van der Waals surface area contributed by atoms with Crippen LogP contribution in [0.15, 0.2) is 47.4 Å². The molecule has 3 N–H and O–H groups in total. The summed E-state index contributed by atoms with van der Waals surface area (Å²) < 4.78 is 66.2. The summed E-state index contributed by atoms with van der Waals surface area (Å²) in [6, 6.07) is 9.30. The average molecular weight is 458 g/mol. The Morgan fingerprint density at radius 2 is 1.60 bits per heavy atom. The molecule has 0 atom stereocenters. The Hall–Kier alpha value is -2.34. The number of carbonyl (C=O) groups excluding carboxylic acids is 1. The summed E-state index contributed by atoms with van der Waals surface area (Å²) in [5.41, 5.74) is 0.851. The van der Waals surface area contributed by atoms with Crippen molar-refractivity contribution in [2.75, 3.05) is 7.05 Å². The van der Waals surface area contributed by atoms with Crippen molar-refractivity contribution in [1.29, 1.82) is 0 Å². The van der Waals surface area contributed by atoms with Crippen molar-refractivity contribution in [2.45, 2.75) is 37.1 Å². The van der Waals surface area contributed by atoms with Gasteiger partial charge in [-0.05, 0) is 50.2 Å². The maximum atomic E-state index is 14.0. The van der Waals surface area contributed by atoms with Crippen LogP contribution in [0.25, 0.3) is 0 Å². The van der Waals surface area contributed by atoms with E-state index >= 15 is 0 Å². The molecule has 164 valence electrons. The number of benzene rings is 2. The molecule has 0 saturated carbocycles. The second-order valence-electron chi connectivity index (χ2n) is 6.88. The fraction of sp³-hybridized carbons (Fsp3) is 0.316. The third kappa shape index (κ3) is 6.59. The van der Waals surface area contributed by atoms with E-state index in [0.29, 0.717) is 11.1 Å². The summed E-state index contributed by atoms with van der Waals surface area (Å²) in [7, 11) is -6.05. The maximum Gasteiger partial charge on any atom is 0.254 e. The monoisotopic (exact) mass is 457 g/mol. The summed E-state index contributed by atoms with van der Waals surface area (Å²) in [6.45, 7) is 3.52. The Morgan fingerprint density at radius 1 is 1.00 bits per heavy atom. The molecule has 0 heterocycles. The van der Waals surface area contributed by atoms with Crippen LogP contribution in [0, 0.1) is 5.82 Å². The standard InChI is InChI=1S/C19H24FN3O5S2/c1-13(2)23-29(25,26)12-15-6-4-14(5-7-15)11-22-19(24)17-10-16(8-9-18(17)20)30(27,28)21-3/h4-10,13,21,23H,11-12H2,1-3H3,(H,22,24). The number of sulfonamides is 2. The highest BCUT2D eigenvalue weighted by molar-refractivity contribution is 7.89. The van der Waals surface area contributed by atoms with E-state index in [9.17, 15) is 26.0 Å². The number of carbonyl (C=O) groups is 1. The van der Waals surface area contributed by atoms with E-state index in [4.69, 9.17) is 0 Å². The molecule has 0 aliphatic heterocycles. The topological polar surface area (TPSA) is 121 Å². The fourth-order valence-electron chi connectivity index (χ4n) is 2.61. The molecule has 2 aromatic carbocycles. The lowest BCUT2D eigenvalue weighted by Crippen LogP contribution is -2.31. The average Bonchev–Trinajstić information content (AvgIpc) is 2.66. The molecule has 2 aromatic rings. The highest BCUT2D eigenvalue weighted by atomic mass is 32.2. The zero-order valence-corrected chi connectivity index (χ0v) is 18.4. The fourth-order valence-corrected chi connectivity index (χ4v) is 4.80. The summed E-state index contributed by atoms with van der Waals surface area (Å²) in [4.78, 5) is 12.1. The van der Waals surface area contributed by atoms with Gasteiger partial charge in [-0.2, -0.15) is 0 Å². The predicted molar refractivity (Wildman–Crippen MR) is 111 cm³/mol. The van der Waals surface area contributed by atoms with Crippen LogP contribution in [0.5, 0.6) is 0 Å². The zero-order chi connectivity index (χ0) is 22.5. The Kier molecular flexibility index (Phi) is 7.70. The molecule has 8 nitrogen and oxygen atoms in total. The smallest absolute Gasteiger partial charge is 0.254 e. The molecule has 0 bridgehead atoms. The Morgan fingerprint density at radius 3 is 2.17 bits per heavy atom. The van der Waals surface area contributed by atoms with Gasteiger partial charge in [-0.1, -0.05) is 24.3 Å². The lowest BCUT2D eigenvalue weighted by atomic mass is 10.1. The highest BCUT2D eigenvalue weighted by Crippen LogP contribution is 2.15. The van der Waals surface area contributed by atoms with Crippen LogP contribution in [-0.2, 0) is 32.3 Å². The van der Waals surface area contributed by atoms with E-state index in [2.05, 4.69) is 14.8 Å². The SMILES string of the molecule is CNS(=O)(=O)c1ccc(F)c(C(=O)NCc2ccc(CS(=O)(=O)NC(C)C)cc2)c1. The summed E-state index contributed by atoms with van der Waals surface area (Å²) in [6.07, 6.45) is 0. The Labute approximate surface area is 176 Å². The van der Waals surface area contributed by atoms with Crippen molar-refractivity contribution in [3.8, 4) is 0 Å². The number of amides is 1. The van der Waals surface area contributed by atoms with Gasteiger partial charge in [0.2, 0.25) is 20.0 Å². The van der Waals surface area contributed by atoms with Crippen LogP contribution >= 0.6 is 0 Å². The molecular formula is C19H24FN3O5S2. The molecule has 1 amide bonds. The van der Waals surface area contributed by atoms with Crippen molar-refractivity contribution in [1.82, 2.24) is 14.8 Å². The Bertz CT molecular complexity index is 1120. The van der Waals surface area contributed by atoms with E-state index in [-0.39, 0.29) is 23.2 Å². The van der Waals surface area contributed by atoms with E-state index < -0.39 is 37.3 Å². The second kappa shape index (κ2) is 9.65. The molecular weight excluding hydrogens is 433 g/mol. The number of nitrogens with one attached hydrogen (secondary N) is 3. The van der Waals surface area contributed by atoms with Crippen LogP contribution in [-0.4, -0.2) is 35.8 Å². The maximum absolute atomic E-state index is 14.0. The number of hydrogen-bond acceptors (Lipinski definition) is 5. The van der Waals surface area contributed by atoms with Gasteiger partial charge in [0.05, 0.1) is 16.2 Å². The first kappa shape index (κ1) is 23.9. The van der Waals surface area contributed by atoms with Crippen molar-refractivity contribution in [3.63, 3.8) is 0 Å². The van der Waals surface area contributed by atoms with Crippen LogP contribution in [0.1, 0.15) is 35.3 Å². The van der Waals surface area contributed by atoms with E-state index in [1.807, 2.05) is 0 Å². The summed E-state index contributed by atoms with van der Waals surface area (Å²) in [5, 5.41) is 2.52. The van der Waals surface area contributed by atoms with Gasteiger partial charge in [0.25, 0.3) is 5.91 Å². The zero-order valence-electron chi connectivity index (χ0n) is 16.8. The van der Waals surface area contributed by atoms with Gasteiger partial charge in [0.1, 0.15) is 5.82 Å². The van der Waals surface area contributed by atoms with Crippen LogP contribution in [0.2, 0.25) is 0 Å². The molecule has 0 aliphatic rings. The highest BCUT2D eigenvalue weighted by Gasteiger charge is 2.18. The van der Waals surface area contributed by atoms with Gasteiger partial charge in [0.15, 0.2) is 0 Å². The molecule has 0 fully saturated rings. The molecule has 2 rings (SSSR count). The van der Waals surface area contributed by atoms with Crippen molar-refractivity contribution < 1.29 is 26.0 Å². The van der Waals surface area contributed by atoms with Crippen molar-refractivity contribution >= 4 is 26.0 Å².